The summed E-state index contributed by atoms with van der Waals surface area (Å²) in [7, 11) is 0. The Labute approximate surface area is 137 Å². The van der Waals surface area contributed by atoms with Crippen molar-refractivity contribution < 1.29 is 9.53 Å². The average Bonchev–Trinajstić information content (AvgIpc) is 2.84. The average molecular weight is 334 g/mol. The van der Waals surface area contributed by atoms with Crippen molar-refractivity contribution in [3.63, 3.8) is 0 Å². The van der Waals surface area contributed by atoms with Gasteiger partial charge in [0.2, 0.25) is 5.65 Å². The van der Waals surface area contributed by atoms with E-state index in [0.29, 0.717) is 34.9 Å². The molecule has 23 heavy (non-hydrogen) atoms. The first kappa shape index (κ1) is 15.6. The van der Waals surface area contributed by atoms with Gasteiger partial charge in [0.05, 0.1) is 29.8 Å². The van der Waals surface area contributed by atoms with Gasteiger partial charge in [-0.25, -0.2) is 4.98 Å². The molecule has 0 saturated carbocycles. The molecule has 3 rings (SSSR count). The summed E-state index contributed by atoms with van der Waals surface area (Å²) in [4.78, 5) is 30.9. The minimum Gasteiger partial charge on any atom is -0.466 e. The Morgan fingerprint density at radius 2 is 2.22 bits per heavy atom. The number of hydrogen-bond donors (Lipinski definition) is 1. The Kier molecular flexibility index (Phi) is 4.09. The number of H-pyrrole nitrogens is 1. The molecule has 0 atom stereocenters. The van der Waals surface area contributed by atoms with Gasteiger partial charge in [0, 0.05) is 17.1 Å². The van der Waals surface area contributed by atoms with Crippen LogP contribution in [0, 0.1) is 6.92 Å². The van der Waals surface area contributed by atoms with E-state index in [2.05, 4.69) is 9.97 Å². The Morgan fingerprint density at radius 1 is 1.43 bits per heavy atom. The second-order valence-corrected chi connectivity index (χ2v) is 5.66. The number of aromatic amines is 1. The first-order valence-electron chi connectivity index (χ1n) is 7.36. The number of imidazole rings is 1. The third-order valence-corrected chi connectivity index (χ3v) is 3.96. The monoisotopic (exact) mass is 333 g/mol. The molecule has 0 aliphatic carbocycles. The largest absolute Gasteiger partial charge is 0.466 e. The SMILES string of the molecule is CCOC(=O)CCc1nc2c(=O)[nH]c3ccc(Cl)cc3n2c1C. The summed E-state index contributed by atoms with van der Waals surface area (Å²) in [6, 6.07) is 5.26. The van der Waals surface area contributed by atoms with Crippen LogP contribution in [-0.2, 0) is 16.0 Å². The Morgan fingerprint density at radius 3 is 2.96 bits per heavy atom. The Hall–Kier alpha value is -2.34. The molecule has 0 fully saturated rings. The number of rotatable bonds is 4. The maximum absolute atomic E-state index is 12.2. The molecule has 0 aliphatic heterocycles. The summed E-state index contributed by atoms with van der Waals surface area (Å²) in [5.41, 5.74) is 3.02. The number of carbonyl (C=O) groups excluding carboxylic acids is 1. The van der Waals surface area contributed by atoms with Crippen molar-refractivity contribution in [2.45, 2.75) is 26.7 Å². The fraction of sp³-hybridized carbons (Fsp3) is 0.312. The van der Waals surface area contributed by atoms with Gasteiger partial charge in [0.25, 0.3) is 5.56 Å². The van der Waals surface area contributed by atoms with E-state index in [-0.39, 0.29) is 17.9 Å². The highest BCUT2D eigenvalue weighted by Gasteiger charge is 2.15. The number of esters is 1. The van der Waals surface area contributed by atoms with Gasteiger partial charge in [0.15, 0.2) is 0 Å². The number of nitrogens with zero attached hydrogens (tertiary/aromatic N) is 2. The minimum atomic E-state index is -0.273. The highest BCUT2D eigenvalue weighted by atomic mass is 35.5. The molecule has 1 aromatic carbocycles. The van der Waals surface area contributed by atoms with Crippen LogP contribution >= 0.6 is 11.6 Å². The summed E-state index contributed by atoms with van der Waals surface area (Å²) < 4.78 is 6.71. The van der Waals surface area contributed by atoms with E-state index in [4.69, 9.17) is 16.3 Å². The fourth-order valence-electron chi connectivity index (χ4n) is 2.66. The van der Waals surface area contributed by atoms with Crippen LogP contribution in [0.15, 0.2) is 23.0 Å². The first-order chi connectivity index (χ1) is 11.0. The van der Waals surface area contributed by atoms with Crippen LogP contribution in [0.2, 0.25) is 5.02 Å². The lowest BCUT2D eigenvalue weighted by molar-refractivity contribution is -0.143. The van der Waals surface area contributed by atoms with Crippen LogP contribution in [0.4, 0.5) is 0 Å². The highest BCUT2D eigenvalue weighted by molar-refractivity contribution is 6.31. The summed E-state index contributed by atoms with van der Waals surface area (Å²) in [5, 5.41) is 0.576. The molecule has 2 heterocycles. The molecule has 0 saturated heterocycles. The van der Waals surface area contributed by atoms with Gasteiger partial charge in [-0.15, -0.1) is 0 Å². The van der Waals surface area contributed by atoms with E-state index in [9.17, 15) is 9.59 Å². The molecule has 3 aromatic rings. The number of fused-ring (bicyclic) bond motifs is 3. The zero-order chi connectivity index (χ0) is 16.6. The molecule has 0 radical (unpaired) electrons. The second-order valence-electron chi connectivity index (χ2n) is 5.22. The number of benzene rings is 1. The lowest BCUT2D eigenvalue weighted by Crippen LogP contribution is -2.11. The van der Waals surface area contributed by atoms with Gasteiger partial charge in [-0.3, -0.25) is 14.0 Å². The molecule has 0 spiro atoms. The topological polar surface area (TPSA) is 76.5 Å². The zero-order valence-corrected chi connectivity index (χ0v) is 13.6. The Balaban J connectivity index is 2.12. The quantitative estimate of drug-likeness (QED) is 0.745. The van der Waals surface area contributed by atoms with E-state index in [1.165, 1.54) is 0 Å². The van der Waals surface area contributed by atoms with Gasteiger partial charge >= 0.3 is 5.97 Å². The maximum Gasteiger partial charge on any atom is 0.306 e. The first-order valence-corrected chi connectivity index (χ1v) is 7.74. The lowest BCUT2D eigenvalue weighted by atomic mass is 10.2. The summed E-state index contributed by atoms with van der Waals surface area (Å²) >= 11 is 6.07. The molecule has 6 nitrogen and oxygen atoms in total. The van der Waals surface area contributed by atoms with Crippen molar-refractivity contribution >= 4 is 34.3 Å². The molecular weight excluding hydrogens is 318 g/mol. The molecular formula is C16H16ClN3O3. The molecule has 2 aromatic heterocycles. The molecule has 0 aliphatic rings. The summed E-state index contributed by atoms with van der Waals surface area (Å²) in [6.07, 6.45) is 0.656. The number of aromatic nitrogens is 3. The number of hydrogen-bond acceptors (Lipinski definition) is 4. The maximum atomic E-state index is 12.2. The van der Waals surface area contributed by atoms with E-state index in [1.807, 2.05) is 6.92 Å². The van der Waals surface area contributed by atoms with Crippen molar-refractivity contribution in [1.82, 2.24) is 14.4 Å². The molecule has 0 amide bonds. The van der Waals surface area contributed by atoms with E-state index < -0.39 is 0 Å². The fourth-order valence-corrected chi connectivity index (χ4v) is 2.82. The van der Waals surface area contributed by atoms with Crippen LogP contribution in [0.3, 0.4) is 0 Å². The lowest BCUT2D eigenvalue weighted by Gasteiger charge is -2.04. The van der Waals surface area contributed by atoms with Gasteiger partial charge in [-0.1, -0.05) is 11.6 Å². The number of nitrogens with one attached hydrogen (secondary N) is 1. The summed E-state index contributed by atoms with van der Waals surface area (Å²) in [6.45, 7) is 4.00. The number of aryl methyl sites for hydroxylation is 2. The van der Waals surface area contributed by atoms with E-state index in [1.54, 1.807) is 29.5 Å². The zero-order valence-electron chi connectivity index (χ0n) is 12.9. The van der Waals surface area contributed by atoms with Gasteiger partial charge in [-0.05, 0) is 32.0 Å². The van der Waals surface area contributed by atoms with Crippen molar-refractivity contribution in [2.24, 2.45) is 0 Å². The Bertz CT molecular complexity index is 958. The number of carbonyl (C=O) groups is 1. The summed E-state index contributed by atoms with van der Waals surface area (Å²) in [5.74, 6) is -0.272. The molecule has 1 N–H and O–H groups in total. The van der Waals surface area contributed by atoms with Crippen LogP contribution in [0.5, 0.6) is 0 Å². The molecule has 120 valence electrons. The predicted molar refractivity (Wildman–Crippen MR) is 88.0 cm³/mol. The van der Waals surface area contributed by atoms with Crippen molar-refractivity contribution in [2.75, 3.05) is 6.61 Å². The molecule has 0 unspecified atom stereocenters. The smallest absolute Gasteiger partial charge is 0.306 e. The number of ether oxygens (including phenoxy) is 1. The van der Waals surface area contributed by atoms with Crippen LogP contribution in [-0.4, -0.2) is 26.9 Å². The van der Waals surface area contributed by atoms with Gasteiger partial charge < -0.3 is 9.72 Å². The third-order valence-electron chi connectivity index (χ3n) is 3.73. The third kappa shape index (κ3) is 2.82. The van der Waals surface area contributed by atoms with Crippen molar-refractivity contribution in [3.05, 3.63) is 45.0 Å². The van der Waals surface area contributed by atoms with Crippen LogP contribution in [0.1, 0.15) is 24.7 Å². The van der Waals surface area contributed by atoms with Gasteiger partial charge in [0.1, 0.15) is 0 Å². The predicted octanol–water partition coefficient (Wildman–Crippen LogP) is 2.63. The second kappa shape index (κ2) is 6.04. The highest BCUT2D eigenvalue weighted by Crippen LogP contribution is 2.21. The molecule has 7 heteroatoms. The standard InChI is InChI=1S/C16H16ClN3O3/c1-3-23-14(21)7-6-11-9(2)20-13-8-10(17)4-5-12(13)19-16(22)15(20)18-11/h4-5,8H,3,6-7H2,1-2H3,(H,19,22). The van der Waals surface area contributed by atoms with Crippen LogP contribution < -0.4 is 5.56 Å². The number of halogens is 1. The van der Waals surface area contributed by atoms with Crippen molar-refractivity contribution in [3.8, 4) is 0 Å². The normalized spacial score (nSPS) is 11.3. The van der Waals surface area contributed by atoms with Crippen molar-refractivity contribution in [1.29, 1.82) is 0 Å². The van der Waals surface area contributed by atoms with Crippen LogP contribution in [0.25, 0.3) is 16.7 Å². The van der Waals surface area contributed by atoms with E-state index >= 15 is 0 Å². The van der Waals surface area contributed by atoms with E-state index in [0.717, 1.165) is 11.2 Å². The molecule has 0 bridgehead atoms. The van der Waals surface area contributed by atoms with Gasteiger partial charge in [-0.2, -0.15) is 0 Å². The minimum absolute atomic E-state index is 0.231.